The summed E-state index contributed by atoms with van der Waals surface area (Å²) in [5, 5.41) is 0. The van der Waals surface area contributed by atoms with Crippen LogP contribution >= 0.6 is 0 Å². The molecule has 0 aliphatic rings. The number of rotatable bonds is 10. The molecule has 0 aliphatic heterocycles. The van der Waals surface area contributed by atoms with Crippen LogP contribution in [-0.4, -0.2) is 19.8 Å². The van der Waals surface area contributed by atoms with Gasteiger partial charge in [-0.05, 0) is 31.4 Å². The number of ether oxygens (including phenoxy) is 2. The Morgan fingerprint density at radius 3 is 2.18 bits per heavy atom. The van der Waals surface area contributed by atoms with Crippen LogP contribution < -0.4 is 4.74 Å². The minimum Gasteiger partial charge on any atom is -0.494 e. The van der Waals surface area contributed by atoms with E-state index in [1.165, 1.54) is 19.3 Å². The smallest absolute Gasteiger partial charge is 0.119 e. The van der Waals surface area contributed by atoms with Gasteiger partial charge in [0.1, 0.15) is 5.75 Å². The summed E-state index contributed by atoms with van der Waals surface area (Å²) in [5.74, 6) is 0.955. The molecule has 0 aromatic heterocycles. The molecule has 2 heteroatoms. The van der Waals surface area contributed by atoms with Gasteiger partial charge in [0.05, 0.1) is 6.61 Å². The average Bonchev–Trinajstić information content (AvgIpc) is 2.38. The van der Waals surface area contributed by atoms with Gasteiger partial charge in [0, 0.05) is 13.2 Å². The van der Waals surface area contributed by atoms with Gasteiger partial charge in [-0.3, -0.25) is 0 Å². The molecule has 0 saturated carbocycles. The molecular weight excluding hydrogens is 212 g/mol. The van der Waals surface area contributed by atoms with Crippen molar-refractivity contribution < 1.29 is 9.47 Å². The fourth-order valence-corrected chi connectivity index (χ4v) is 1.57. The van der Waals surface area contributed by atoms with Crippen LogP contribution in [0.4, 0.5) is 0 Å². The van der Waals surface area contributed by atoms with E-state index in [1.807, 2.05) is 30.3 Å². The Morgan fingerprint density at radius 1 is 0.824 bits per heavy atom. The van der Waals surface area contributed by atoms with Crippen molar-refractivity contribution in [2.75, 3.05) is 19.8 Å². The molecule has 0 spiro atoms. The predicted octanol–water partition coefficient (Wildman–Crippen LogP) is 4.05. The Morgan fingerprint density at radius 2 is 1.47 bits per heavy atom. The zero-order chi connectivity index (χ0) is 12.2. The lowest BCUT2D eigenvalue weighted by atomic mass is 10.3. The monoisotopic (exact) mass is 236 g/mol. The fourth-order valence-electron chi connectivity index (χ4n) is 1.57. The molecule has 0 unspecified atom stereocenters. The summed E-state index contributed by atoms with van der Waals surface area (Å²) in [6, 6.07) is 9.96. The van der Waals surface area contributed by atoms with Crippen molar-refractivity contribution in [1.29, 1.82) is 0 Å². The summed E-state index contributed by atoms with van der Waals surface area (Å²) in [4.78, 5) is 0. The second-order valence-electron chi connectivity index (χ2n) is 4.19. The lowest BCUT2D eigenvalue weighted by Crippen LogP contribution is -2.01. The Labute approximate surface area is 105 Å². The van der Waals surface area contributed by atoms with Gasteiger partial charge >= 0.3 is 0 Å². The maximum Gasteiger partial charge on any atom is 0.119 e. The summed E-state index contributed by atoms with van der Waals surface area (Å²) in [5.41, 5.74) is 0. The molecule has 2 nitrogen and oxygen atoms in total. The van der Waals surface area contributed by atoms with Crippen LogP contribution in [0.1, 0.15) is 39.0 Å². The van der Waals surface area contributed by atoms with E-state index in [-0.39, 0.29) is 0 Å². The molecule has 1 aromatic rings. The maximum atomic E-state index is 5.60. The number of benzene rings is 1. The number of unbranched alkanes of at least 4 members (excludes halogenated alkanes) is 3. The van der Waals surface area contributed by atoms with E-state index in [1.54, 1.807) is 0 Å². The number of hydrogen-bond donors (Lipinski definition) is 0. The lowest BCUT2D eigenvalue weighted by Gasteiger charge is -2.06. The lowest BCUT2D eigenvalue weighted by molar-refractivity contribution is 0.123. The third kappa shape index (κ3) is 7.81. The summed E-state index contributed by atoms with van der Waals surface area (Å²) >= 11 is 0. The third-order valence-corrected chi connectivity index (χ3v) is 2.59. The molecule has 0 fully saturated rings. The first-order valence-corrected chi connectivity index (χ1v) is 6.69. The second-order valence-corrected chi connectivity index (χ2v) is 4.19. The van der Waals surface area contributed by atoms with Crippen molar-refractivity contribution in [2.24, 2.45) is 0 Å². The van der Waals surface area contributed by atoms with E-state index in [2.05, 4.69) is 6.92 Å². The maximum absolute atomic E-state index is 5.60. The largest absolute Gasteiger partial charge is 0.494 e. The Bertz CT molecular complexity index is 259. The van der Waals surface area contributed by atoms with Crippen LogP contribution in [0.25, 0.3) is 0 Å². The molecule has 0 atom stereocenters. The fraction of sp³-hybridized carbons (Fsp3) is 0.600. The van der Waals surface area contributed by atoms with Crippen LogP contribution in [0.15, 0.2) is 30.3 Å². The van der Waals surface area contributed by atoms with Crippen LogP contribution in [0.2, 0.25) is 0 Å². The third-order valence-electron chi connectivity index (χ3n) is 2.59. The van der Waals surface area contributed by atoms with E-state index in [9.17, 15) is 0 Å². The first-order chi connectivity index (χ1) is 8.43. The molecule has 0 saturated heterocycles. The minimum absolute atomic E-state index is 0.780. The van der Waals surface area contributed by atoms with Gasteiger partial charge in [-0.15, -0.1) is 0 Å². The van der Waals surface area contributed by atoms with Crippen molar-refractivity contribution in [3.8, 4) is 5.75 Å². The van der Waals surface area contributed by atoms with E-state index in [0.717, 1.165) is 38.4 Å². The molecule has 0 aliphatic carbocycles. The van der Waals surface area contributed by atoms with Gasteiger partial charge in [0.15, 0.2) is 0 Å². The van der Waals surface area contributed by atoms with Gasteiger partial charge in [0.25, 0.3) is 0 Å². The van der Waals surface area contributed by atoms with Crippen molar-refractivity contribution >= 4 is 0 Å². The van der Waals surface area contributed by atoms with E-state index < -0.39 is 0 Å². The first-order valence-electron chi connectivity index (χ1n) is 6.69. The molecule has 0 N–H and O–H groups in total. The van der Waals surface area contributed by atoms with E-state index >= 15 is 0 Å². The topological polar surface area (TPSA) is 18.5 Å². The molecule has 0 amide bonds. The molecule has 0 bridgehead atoms. The summed E-state index contributed by atoms with van der Waals surface area (Å²) < 4.78 is 11.1. The summed E-state index contributed by atoms with van der Waals surface area (Å²) in [6.07, 6.45) is 5.87. The van der Waals surface area contributed by atoms with Crippen LogP contribution in [0.3, 0.4) is 0 Å². The number of para-hydroxylation sites is 1. The van der Waals surface area contributed by atoms with Gasteiger partial charge < -0.3 is 9.47 Å². The van der Waals surface area contributed by atoms with Gasteiger partial charge in [0.2, 0.25) is 0 Å². The quantitative estimate of drug-likeness (QED) is 0.570. The Balaban J connectivity index is 1.85. The summed E-state index contributed by atoms with van der Waals surface area (Å²) in [6.45, 7) is 4.76. The minimum atomic E-state index is 0.780. The zero-order valence-corrected chi connectivity index (χ0v) is 10.9. The van der Waals surface area contributed by atoms with Crippen molar-refractivity contribution in [1.82, 2.24) is 0 Å². The summed E-state index contributed by atoms with van der Waals surface area (Å²) in [7, 11) is 0. The van der Waals surface area contributed by atoms with E-state index in [0.29, 0.717) is 0 Å². The Kier molecular flexibility index (Phi) is 8.39. The molecular formula is C15H24O2. The highest BCUT2D eigenvalue weighted by Crippen LogP contribution is 2.08. The Hall–Kier alpha value is -1.02. The molecule has 0 radical (unpaired) electrons. The normalized spacial score (nSPS) is 10.4. The van der Waals surface area contributed by atoms with Crippen LogP contribution in [0, 0.1) is 0 Å². The highest BCUT2D eigenvalue weighted by Gasteiger charge is 1.93. The number of hydrogen-bond acceptors (Lipinski definition) is 2. The molecule has 96 valence electrons. The van der Waals surface area contributed by atoms with Crippen molar-refractivity contribution in [3.63, 3.8) is 0 Å². The van der Waals surface area contributed by atoms with Crippen LogP contribution in [-0.2, 0) is 4.74 Å². The van der Waals surface area contributed by atoms with Gasteiger partial charge in [-0.25, -0.2) is 0 Å². The second kappa shape index (κ2) is 10.2. The molecule has 0 heterocycles. The zero-order valence-electron chi connectivity index (χ0n) is 10.9. The average molecular weight is 236 g/mol. The standard InChI is InChI=1S/C15H24O2/c1-2-3-7-12-16-13-8-9-14-17-15-10-5-4-6-11-15/h4-6,10-11H,2-3,7-9,12-14H2,1H3. The highest BCUT2D eigenvalue weighted by atomic mass is 16.5. The molecule has 1 rings (SSSR count). The van der Waals surface area contributed by atoms with Gasteiger partial charge in [-0.1, -0.05) is 38.0 Å². The van der Waals surface area contributed by atoms with Gasteiger partial charge in [-0.2, -0.15) is 0 Å². The first kappa shape index (κ1) is 14.0. The molecule has 1 aromatic carbocycles. The highest BCUT2D eigenvalue weighted by molar-refractivity contribution is 5.20. The molecule has 17 heavy (non-hydrogen) atoms. The van der Waals surface area contributed by atoms with Crippen LogP contribution in [0.5, 0.6) is 5.75 Å². The van der Waals surface area contributed by atoms with E-state index in [4.69, 9.17) is 9.47 Å². The van der Waals surface area contributed by atoms with Crippen molar-refractivity contribution in [3.05, 3.63) is 30.3 Å². The van der Waals surface area contributed by atoms with Crippen molar-refractivity contribution in [2.45, 2.75) is 39.0 Å². The SMILES string of the molecule is CCCCCOCCCCOc1ccccc1. The predicted molar refractivity (Wildman–Crippen MR) is 71.5 cm³/mol.